The Morgan fingerprint density at radius 3 is 2.55 bits per heavy atom. The van der Waals surface area contributed by atoms with Crippen molar-refractivity contribution in [3.05, 3.63) is 65.2 Å². The number of para-hydroxylation sites is 1. The first kappa shape index (κ1) is 13.2. The second-order valence-corrected chi connectivity index (χ2v) is 5.32. The van der Waals surface area contributed by atoms with Crippen molar-refractivity contribution in [3.8, 4) is 5.75 Å². The second kappa shape index (κ2) is 5.68. The monoisotopic (exact) mass is 267 g/mol. The van der Waals surface area contributed by atoms with E-state index in [4.69, 9.17) is 4.74 Å². The highest BCUT2D eigenvalue weighted by Crippen LogP contribution is 2.40. The molecule has 2 aromatic rings. The van der Waals surface area contributed by atoms with Crippen LogP contribution < -0.4 is 10.1 Å². The Hall–Kier alpha value is -1.80. The first-order chi connectivity index (χ1) is 9.81. The number of ether oxygens (including phenoxy) is 1. The van der Waals surface area contributed by atoms with Crippen LogP contribution in [0.25, 0.3) is 0 Å². The number of hydrogen-bond acceptors (Lipinski definition) is 2. The molecular formula is C18H21NO. The van der Waals surface area contributed by atoms with Crippen LogP contribution in [0.2, 0.25) is 0 Å². The van der Waals surface area contributed by atoms with Gasteiger partial charge in [0.2, 0.25) is 0 Å². The molecule has 1 heterocycles. The molecule has 0 fully saturated rings. The third-order valence-electron chi connectivity index (χ3n) is 4.12. The Labute approximate surface area is 120 Å². The van der Waals surface area contributed by atoms with Gasteiger partial charge in [0.15, 0.2) is 0 Å². The predicted octanol–water partition coefficient (Wildman–Crippen LogP) is 4.03. The summed E-state index contributed by atoms with van der Waals surface area (Å²) in [6.07, 6.45) is 2.18. The van der Waals surface area contributed by atoms with Crippen molar-refractivity contribution >= 4 is 0 Å². The third-order valence-corrected chi connectivity index (χ3v) is 4.12. The van der Waals surface area contributed by atoms with E-state index < -0.39 is 0 Å². The minimum absolute atomic E-state index is 0.133. The molecule has 2 aromatic carbocycles. The van der Waals surface area contributed by atoms with Crippen LogP contribution in [-0.2, 0) is 6.42 Å². The first-order valence-corrected chi connectivity index (χ1v) is 7.33. The highest BCUT2D eigenvalue weighted by molar-refractivity contribution is 5.39. The molecule has 1 aliphatic heterocycles. The molecule has 0 aromatic heterocycles. The summed E-state index contributed by atoms with van der Waals surface area (Å²) in [5, 5.41) is 3.40. The SMILES string of the molecule is CCc1ccc(C2CC(NC)c3ccccc3O2)cc1. The lowest BCUT2D eigenvalue weighted by Gasteiger charge is -2.32. The van der Waals surface area contributed by atoms with Crippen molar-refractivity contribution in [2.75, 3.05) is 7.05 Å². The fourth-order valence-electron chi connectivity index (χ4n) is 2.86. The van der Waals surface area contributed by atoms with Crippen LogP contribution in [0.5, 0.6) is 5.75 Å². The molecule has 0 spiro atoms. The lowest BCUT2D eigenvalue weighted by atomic mass is 9.92. The molecule has 3 rings (SSSR count). The van der Waals surface area contributed by atoms with E-state index >= 15 is 0 Å². The molecule has 2 atom stereocenters. The Morgan fingerprint density at radius 1 is 1.10 bits per heavy atom. The number of aryl methyl sites for hydroxylation is 1. The third kappa shape index (κ3) is 2.44. The van der Waals surface area contributed by atoms with Gasteiger partial charge in [-0.05, 0) is 30.7 Å². The largest absolute Gasteiger partial charge is 0.485 e. The lowest BCUT2D eigenvalue weighted by molar-refractivity contribution is 0.154. The normalized spacial score (nSPS) is 21.1. The van der Waals surface area contributed by atoms with Gasteiger partial charge in [-0.25, -0.2) is 0 Å². The number of benzene rings is 2. The van der Waals surface area contributed by atoms with Gasteiger partial charge in [0.05, 0.1) is 0 Å². The molecule has 2 nitrogen and oxygen atoms in total. The minimum atomic E-state index is 0.133. The maximum absolute atomic E-state index is 6.18. The van der Waals surface area contributed by atoms with E-state index in [-0.39, 0.29) is 6.10 Å². The molecule has 0 radical (unpaired) electrons. The summed E-state index contributed by atoms with van der Waals surface area (Å²) < 4.78 is 6.18. The molecule has 0 bridgehead atoms. The average Bonchev–Trinajstić information content (AvgIpc) is 2.54. The van der Waals surface area contributed by atoms with Gasteiger partial charge >= 0.3 is 0 Å². The summed E-state index contributed by atoms with van der Waals surface area (Å²) in [5.41, 5.74) is 3.89. The van der Waals surface area contributed by atoms with Gasteiger partial charge in [-0.15, -0.1) is 0 Å². The van der Waals surface area contributed by atoms with Gasteiger partial charge in [-0.2, -0.15) is 0 Å². The summed E-state index contributed by atoms with van der Waals surface area (Å²) in [6, 6.07) is 17.5. The van der Waals surface area contributed by atoms with Crippen LogP contribution in [-0.4, -0.2) is 7.05 Å². The molecule has 1 aliphatic rings. The van der Waals surface area contributed by atoms with Crippen molar-refractivity contribution in [1.29, 1.82) is 0 Å². The maximum atomic E-state index is 6.18. The van der Waals surface area contributed by atoms with E-state index in [1.165, 1.54) is 16.7 Å². The van der Waals surface area contributed by atoms with Gasteiger partial charge < -0.3 is 10.1 Å². The zero-order valence-corrected chi connectivity index (χ0v) is 12.1. The quantitative estimate of drug-likeness (QED) is 0.906. The Bertz CT molecular complexity index is 576. The van der Waals surface area contributed by atoms with Crippen LogP contribution >= 0.6 is 0 Å². The number of hydrogen-bond donors (Lipinski definition) is 1. The van der Waals surface area contributed by atoms with Gasteiger partial charge in [-0.1, -0.05) is 49.4 Å². The Kier molecular flexibility index (Phi) is 3.75. The standard InChI is InChI=1S/C18H21NO/c1-3-13-8-10-14(11-9-13)18-12-16(19-2)15-6-4-5-7-17(15)20-18/h4-11,16,18-19H,3,12H2,1-2H3. The van der Waals surface area contributed by atoms with E-state index in [0.29, 0.717) is 6.04 Å². The molecule has 0 saturated carbocycles. The minimum Gasteiger partial charge on any atom is -0.485 e. The zero-order chi connectivity index (χ0) is 13.9. The summed E-state index contributed by atoms with van der Waals surface area (Å²) in [4.78, 5) is 0. The maximum Gasteiger partial charge on any atom is 0.126 e. The summed E-state index contributed by atoms with van der Waals surface area (Å²) in [7, 11) is 2.02. The second-order valence-electron chi connectivity index (χ2n) is 5.32. The predicted molar refractivity (Wildman–Crippen MR) is 82.0 cm³/mol. The van der Waals surface area contributed by atoms with Gasteiger partial charge in [0, 0.05) is 18.0 Å². The van der Waals surface area contributed by atoms with E-state index in [2.05, 4.69) is 54.7 Å². The smallest absolute Gasteiger partial charge is 0.126 e. The van der Waals surface area contributed by atoms with Crippen LogP contribution in [0.3, 0.4) is 0 Å². The van der Waals surface area contributed by atoms with E-state index in [0.717, 1.165) is 18.6 Å². The van der Waals surface area contributed by atoms with Crippen molar-refractivity contribution in [2.24, 2.45) is 0 Å². The molecular weight excluding hydrogens is 246 g/mol. The van der Waals surface area contributed by atoms with Crippen molar-refractivity contribution < 1.29 is 4.74 Å². The fraction of sp³-hybridized carbons (Fsp3) is 0.333. The molecule has 104 valence electrons. The highest BCUT2D eigenvalue weighted by atomic mass is 16.5. The van der Waals surface area contributed by atoms with E-state index in [1.807, 2.05) is 13.1 Å². The van der Waals surface area contributed by atoms with E-state index in [1.54, 1.807) is 0 Å². The van der Waals surface area contributed by atoms with Crippen LogP contribution in [0.1, 0.15) is 42.2 Å². The fourth-order valence-corrected chi connectivity index (χ4v) is 2.86. The van der Waals surface area contributed by atoms with E-state index in [9.17, 15) is 0 Å². The highest BCUT2D eigenvalue weighted by Gasteiger charge is 2.27. The van der Waals surface area contributed by atoms with Gasteiger partial charge in [0.1, 0.15) is 11.9 Å². The van der Waals surface area contributed by atoms with Crippen LogP contribution in [0.15, 0.2) is 48.5 Å². The molecule has 0 aliphatic carbocycles. The number of rotatable bonds is 3. The van der Waals surface area contributed by atoms with Gasteiger partial charge in [-0.3, -0.25) is 0 Å². The molecule has 2 heteroatoms. The van der Waals surface area contributed by atoms with Crippen LogP contribution in [0, 0.1) is 0 Å². The molecule has 20 heavy (non-hydrogen) atoms. The summed E-state index contributed by atoms with van der Waals surface area (Å²) in [5.74, 6) is 1.00. The Morgan fingerprint density at radius 2 is 1.85 bits per heavy atom. The van der Waals surface area contributed by atoms with Gasteiger partial charge in [0.25, 0.3) is 0 Å². The zero-order valence-electron chi connectivity index (χ0n) is 12.1. The van der Waals surface area contributed by atoms with Crippen molar-refractivity contribution in [2.45, 2.75) is 31.9 Å². The lowest BCUT2D eigenvalue weighted by Crippen LogP contribution is -2.26. The molecule has 2 unspecified atom stereocenters. The molecule has 0 amide bonds. The van der Waals surface area contributed by atoms with Crippen LogP contribution in [0.4, 0.5) is 0 Å². The Balaban J connectivity index is 1.89. The molecule has 1 N–H and O–H groups in total. The van der Waals surface area contributed by atoms with Crippen molar-refractivity contribution in [1.82, 2.24) is 5.32 Å². The average molecular weight is 267 g/mol. The summed E-state index contributed by atoms with van der Waals surface area (Å²) in [6.45, 7) is 2.18. The topological polar surface area (TPSA) is 21.3 Å². The summed E-state index contributed by atoms with van der Waals surface area (Å²) >= 11 is 0. The molecule has 0 saturated heterocycles. The van der Waals surface area contributed by atoms with Crippen molar-refractivity contribution in [3.63, 3.8) is 0 Å². The number of fused-ring (bicyclic) bond motifs is 1. The first-order valence-electron chi connectivity index (χ1n) is 7.33. The number of nitrogens with one attached hydrogen (secondary N) is 1.